The van der Waals surface area contributed by atoms with Gasteiger partial charge in [-0.2, -0.15) is 0 Å². The summed E-state index contributed by atoms with van der Waals surface area (Å²) < 4.78 is 11.1. The van der Waals surface area contributed by atoms with E-state index in [1.165, 1.54) is 19.3 Å². The van der Waals surface area contributed by atoms with Crippen molar-refractivity contribution in [2.45, 2.75) is 44.8 Å². The minimum Gasteiger partial charge on any atom is -0.378 e. The van der Waals surface area contributed by atoms with Crippen LogP contribution in [-0.4, -0.2) is 51.0 Å². The number of rotatable bonds is 5. The lowest BCUT2D eigenvalue weighted by molar-refractivity contribution is -0.126. The van der Waals surface area contributed by atoms with Crippen molar-refractivity contribution in [1.82, 2.24) is 10.6 Å². The van der Waals surface area contributed by atoms with Crippen LogP contribution in [0.4, 0.5) is 0 Å². The van der Waals surface area contributed by atoms with Gasteiger partial charge in [-0.1, -0.05) is 19.8 Å². The fourth-order valence-corrected chi connectivity index (χ4v) is 2.77. The fraction of sp³-hybridized carbons (Fsp3) is 0.929. The van der Waals surface area contributed by atoms with Crippen LogP contribution in [-0.2, 0) is 14.3 Å². The average molecular weight is 270 g/mol. The highest BCUT2D eigenvalue weighted by Crippen LogP contribution is 2.25. The Kier molecular flexibility index (Phi) is 6.07. The van der Waals surface area contributed by atoms with Crippen molar-refractivity contribution < 1.29 is 14.3 Å². The molecule has 0 aromatic carbocycles. The molecule has 5 nitrogen and oxygen atoms in total. The van der Waals surface area contributed by atoms with Crippen LogP contribution in [0.2, 0.25) is 0 Å². The molecular weight excluding hydrogens is 244 g/mol. The molecule has 1 aliphatic carbocycles. The molecule has 1 amide bonds. The first-order valence-electron chi connectivity index (χ1n) is 7.48. The zero-order valence-electron chi connectivity index (χ0n) is 11.8. The summed E-state index contributed by atoms with van der Waals surface area (Å²) in [4.78, 5) is 11.8. The second kappa shape index (κ2) is 7.82. The number of carbonyl (C=O) groups excluding carboxylic acids is 1. The van der Waals surface area contributed by atoms with E-state index in [-0.39, 0.29) is 11.9 Å². The van der Waals surface area contributed by atoms with E-state index in [1.54, 1.807) is 0 Å². The highest BCUT2D eigenvalue weighted by Gasteiger charge is 2.22. The van der Waals surface area contributed by atoms with E-state index in [0.29, 0.717) is 38.4 Å². The molecule has 110 valence electrons. The van der Waals surface area contributed by atoms with Crippen LogP contribution >= 0.6 is 0 Å². The smallest absolute Gasteiger partial charge is 0.239 e. The van der Waals surface area contributed by atoms with Gasteiger partial charge in [-0.05, 0) is 18.8 Å². The molecule has 19 heavy (non-hydrogen) atoms. The minimum absolute atomic E-state index is 0.0139. The standard InChI is InChI=1S/C14H26N2O3/c1-11-4-2-3-5-13(11)19-9-7-16-14(17)12-10-18-8-6-15-12/h11-13,15H,2-10H2,1H3,(H,16,17). The van der Waals surface area contributed by atoms with E-state index in [9.17, 15) is 4.79 Å². The van der Waals surface area contributed by atoms with Gasteiger partial charge in [-0.3, -0.25) is 4.79 Å². The Hall–Kier alpha value is -0.650. The number of carbonyl (C=O) groups is 1. The van der Waals surface area contributed by atoms with Crippen LogP contribution in [0.25, 0.3) is 0 Å². The highest BCUT2D eigenvalue weighted by molar-refractivity contribution is 5.81. The van der Waals surface area contributed by atoms with Crippen LogP contribution in [0.5, 0.6) is 0 Å². The SMILES string of the molecule is CC1CCCCC1OCCNC(=O)C1COCCN1. The van der Waals surface area contributed by atoms with Gasteiger partial charge >= 0.3 is 0 Å². The molecule has 0 radical (unpaired) electrons. The first kappa shape index (κ1) is 14.8. The molecule has 2 N–H and O–H groups in total. The Morgan fingerprint density at radius 3 is 3.00 bits per heavy atom. The second-order valence-corrected chi connectivity index (χ2v) is 5.54. The van der Waals surface area contributed by atoms with Gasteiger partial charge in [0.2, 0.25) is 5.91 Å². The zero-order valence-corrected chi connectivity index (χ0v) is 11.8. The number of hydrogen-bond acceptors (Lipinski definition) is 4. The van der Waals surface area contributed by atoms with Crippen molar-refractivity contribution in [1.29, 1.82) is 0 Å². The molecule has 0 aromatic rings. The maximum atomic E-state index is 11.8. The molecule has 2 fully saturated rings. The van der Waals surface area contributed by atoms with Crippen molar-refractivity contribution in [3.8, 4) is 0 Å². The van der Waals surface area contributed by atoms with Crippen LogP contribution in [0, 0.1) is 5.92 Å². The topological polar surface area (TPSA) is 59.6 Å². The van der Waals surface area contributed by atoms with Gasteiger partial charge in [0.25, 0.3) is 0 Å². The van der Waals surface area contributed by atoms with E-state index in [1.807, 2.05) is 0 Å². The summed E-state index contributed by atoms with van der Waals surface area (Å²) in [7, 11) is 0. The highest BCUT2D eigenvalue weighted by atomic mass is 16.5. The van der Waals surface area contributed by atoms with E-state index in [2.05, 4.69) is 17.6 Å². The molecule has 2 rings (SSSR count). The van der Waals surface area contributed by atoms with E-state index >= 15 is 0 Å². The van der Waals surface area contributed by atoms with Crippen molar-refractivity contribution in [2.24, 2.45) is 5.92 Å². The molecule has 1 aliphatic heterocycles. The maximum absolute atomic E-state index is 11.8. The number of amides is 1. The summed E-state index contributed by atoms with van der Waals surface area (Å²) in [6.07, 6.45) is 5.39. The Balaban J connectivity index is 1.56. The lowest BCUT2D eigenvalue weighted by atomic mass is 9.88. The lowest BCUT2D eigenvalue weighted by Crippen LogP contribution is -2.51. The van der Waals surface area contributed by atoms with E-state index in [4.69, 9.17) is 9.47 Å². The summed E-state index contributed by atoms with van der Waals surface area (Å²) in [6, 6.07) is -0.206. The van der Waals surface area contributed by atoms with Gasteiger partial charge < -0.3 is 20.1 Å². The fourth-order valence-electron chi connectivity index (χ4n) is 2.77. The molecule has 0 spiro atoms. The quantitative estimate of drug-likeness (QED) is 0.722. The summed E-state index contributed by atoms with van der Waals surface area (Å²) >= 11 is 0. The largest absolute Gasteiger partial charge is 0.378 e. The number of morpholine rings is 1. The monoisotopic (exact) mass is 270 g/mol. The third-order valence-corrected chi connectivity index (χ3v) is 4.00. The molecule has 5 heteroatoms. The normalized spacial score (nSPS) is 31.9. The predicted octanol–water partition coefficient (Wildman–Crippen LogP) is 0.686. The Morgan fingerprint density at radius 1 is 1.42 bits per heavy atom. The van der Waals surface area contributed by atoms with Crippen LogP contribution in [0.3, 0.4) is 0 Å². The van der Waals surface area contributed by atoms with Gasteiger partial charge in [-0.15, -0.1) is 0 Å². The van der Waals surface area contributed by atoms with Crippen LogP contribution in [0.15, 0.2) is 0 Å². The zero-order chi connectivity index (χ0) is 13.5. The second-order valence-electron chi connectivity index (χ2n) is 5.54. The van der Waals surface area contributed by atoms with Gasteiger partial charge in [0.1, 0.15) is 6.04 Å². The lowest BCUT2D eigenvalue weighted by Gasteiger charge is -2.29. The van der Waals surface area contributed by atoms with Crippen molar-refractivity contribution in [3.05, 3.63) is 0 Å². The maximum Gasteiger partial charge on any atom is 0.239 e. The molecule has 2 aliphatic rings. The molecule has 3 atom stereocenters. The molecular formula is C14H26N2O3. The van der Waals surface area contributed by atoms with Crippen molar-refractivity contribution in [2.75, 3.05) is 32.9 Å². The summed E-state index contributed by atoms with van der Waals surface area (Å²) in [5.41, 5.74) is 0. The van der Waals surface area contributed by atoms with Gasteiger partial charge in [0.15, 0.2) is 0 Å². The summed E-state index contributed by atoms with van der Waals surface area (Å²) in [5, 5.41) is 6.04. The number of hydrogen-bond donors (Lipinski definition) is 2. The summed E-state index contributed by atoms with van der Waals surface area (Å²) in [5.74, 6) is 0.665. The molecule has 0 bridgehead atoms. The van der Waals surface area contributed by atoms with Gasteiger partial charge in [0.05, 0.1) is 25.9 Å². The Bertz CT molecular complexity index is 280. The van der Waals surface area contributed by atoms with Gasteiger partial charge in [0, 0.05) is 13.1 Å². The molecule has 1 saturated carbocycles. The molecule has 1 saturated heterocycles. The molecule has 3 unspecified atom stereocenters. The minimum atomic E-state index is -0.206. The van der Waals surface area contributed by atoms with E-state index in [0.717, 1.165) is 13.0 Å². The number of ether oxygens (including phenoxy) is 2. The number of nitrogens with one attached hydrogen (secondary N) is 2. The van der Waals surface area contributed by atoms with Crippen LogP contribution < -0.4 is 10.6 Å². The predicted molar refractivity (Wildman–Crippen MR) is 73.0 cm³/mol. The first-order valence-corrected chi connectivity index (χ1v) is 7.48. The molecule has 0 aromatic heterocycles. The van der Waals surface area contributed by atoms with Gasteiger partial charge in [-0.25, -0.2) is 0 Å². The average Bonchev–Trinajstić information content (AvgIpc) is 2.46. The van der Waals surface area contributed by atoms with Crippen molar-refractivity contribution >= 4 is 5.91 Å². The van der Waals surface area contributed by atoms with E-state index < -0.39 is 0 Å². The summed E-state index contributed by atoms with van der Waals surface area (Å²) in [6.45, 7) is 5.34. The third kappa shape index (κ3) is 4.75. The third-order valence-electron chi connectivity index (χ3n) is 4.00. The Morgan fingerprint density at radius 2 is 2.26 bits per heavy atom. The van der Waals surface area contributed by atoms with Crippen molar-refractivity contribution in [3.63, 3.8) is 0 Å². The molecule has 1 heterocycles. The van der Waals surface area contributed by atoms with Crippen LogP contribution in [0.1, 0.15) is 32.6 Å². The first-order chi connectivity index (χ1) is 9.27. The Labute approximate surface area is 115 Å².